The number of hydrogen-bond donors (Lipinski definition) is 3. The summed E-state index contributed by atoms with van der Waals surface area (Å²) in [7, 11) is 0. The number of nitrogens with zero attached hydrogens (tertiary/aromatic N) is 2. The van der Waals surface area contributed by atoms with Gasteiger partial charge < -0.3 is 21.5 Å². The Morgan fingerprint density at radius 2 is 1.79 bits per heavy atom. The first-order valence-corrected chi connectivity index (χ1v) is 6.47. The molecule has 2 bridgehead atoms. The molecule has 2 fully saturated rings. The van der Waals surface area contributed by atoms with Gasteiger partial charge in [-0.15, -0.1) is 0 Å². The number of benzene rings is 1. The third kappa shape index (κ3) is 1.93. The van der Waals surface area contributed by atoms with Gasteiger partial charge in [-0.05, 0) is 31.0 Å². The summed E-state index contributed by atoms with van der Waals surface area (Å²) in [6, 6.07) is 5.80. The molecule has 0 radical (unpaired) electrons. The van der Waals surface area contributed by atoms with Gasteiger partial charge in [0, 0.05) is 18.8 Å². The lowest BCUT2D eigenvalue weighted by Gasteiger charge is -2.40. The smallest absolute Gasteiger partial charge is 0.407 e. The predicted octanol–water partition coefficient (Wildman–Crippen LogP) is 1.18. The Labute approximate surface area is 111 Å². The van der Waals surface area contributed by atoms with E-state index in [1.54, 1.807) is 11.0 Å². The molecule has 6 heteroatoms. The summed E-state index contributed by atoms with van der Waals surface area (Å²) >= 11 is 0. The fourth-order valence-electron chi connectivity index (χ4n) is 3.18. The molecule has 0 aromatic heterocycles. The molecule has 0 saturated carbocycles. The molecule has 2 unspecified atom stereocenters. The highest BCUT2D eigenvalue weighted by molar-refractivity contribution is 5.71. The summed E-state index contributed by atoms with van der Waals surface area (Å²) in [5, 5.41) is 9.23. The van der Waals surface area contributed by atoms with E-state index in [1.165, 1.54) is 0 Å². The van der Waals surface area contributed by atoms with E-state index in [-0.39, 0.29) is 12.1 Å². The maximum Gasteiger partial charge on any atom is 0.407 e. The third-order valence-corrected chi connectivity index (χ3v) is 4.14. The molecular weight excluding hydrogens is 244 g/mol. The summed E-state index contributed by atoms with van der Waals surface area (Å²) in [5.41, 5.74) is 13.7. The van der Waals surface area contributed by atoms with Gasteiger partial charge in [0.25, 0.3) is 0 Å². The zero-order valence-corrected chi connectivity index (χ0v) is 10.6. The topological polar surface area (TPSA) is 95.8 Å². The van der Waals surface area contributed by atoms with E-state index in [9.17, 15) is 9.90 Å². The van der Waals surface area contributed by atoms with Crippen LogP contribution in [0.25, 0.3) is 0 Å². The molecule has 1 aromatic carbocycles. The van der Waals surface area contributed by atoms with Crippen molar-refractivity contribution in [1.29, 1.82) is 0 Å². The van der Waals surface area contributed by atoms with Gasteiger partial charge in [-0.1, -0.05) is 0 Å². The molecule has 6 nitrogen and oxygen atoms in total. The summed E-state index contributed by atoms with van der Waals surface area (Å²) in [4.78, 5) is 15.0. The number of hydrogen-bond acceptors (Lipinski definition) is 4. The standard InChI is InChI=1S/C13H18N4O2/c14-11-4-3-8(5-12(11)15)16-6-9-1-2-10(7-16)17(9)13(18)19/h3-5,9-10H,1-2,6-7,14-15H2,(H,18,19). The Morgan fingerprint density at radius 1 is 1.16 bits per heavy atom. The molecular formula is C13H18N4O2. The largest absolute Gasteiger partial charge is 0.465 e. The molecule has 1 amide bonds. The maximum atomic E-state index is 11.2. The molecule has 102 valence electrons. The molecule has 19 heavy (non-hydrogen) atoms. The number of piperazine rings is 1. The lowest BCUT2D eigenvalue weighted by Crippen LogP contribution is -2.55. The summed E-state index contributed by atoms with van der Waals surface area (Å²) in [5.74, 6) is 0. The summed E-state index contributed by atoms with van der Waals surface area (Å²) < 4.78 is 0. The first kappa shape index (κ1) is 12.0. The van der Waals surface area contributed by atoms with Gasteiger partial charge in [-0.2, -0.15) is 0 Å². The third-order valence-electron chi connectivity index (χ3n) is 4.14. The molecule has 2 aliphatic heterocycles. The highest BCUT2D eigenvalue weighted by Crippen LogP contribution is 2.33. The average molecular weight is 262 g/mol. The number of carboxylic acid groups (broad SMARTS) is 1. The number of nitrogen functional groups attached to an aromatic ring is 2. The summed E-state index contributed by atoms with van der Waals surface area (Å²) in [6.07, 6.45) is 1.08. The van der Waals surface area contributed by atoms with Crippen LogP contribution in [0.1, 0.15) is 12.8 Å². The fraction of sp³-hybridized carbons (Fsp3) is 0.462. The average Bonchev–Trinajstić information content (AvgIpc) is 2.64. The monoisotopic (exact) mass is 262 g/mol. The van der Waals surface area contributed by atoms with Gasteiger partial charge >= 0.3 is 6.09 Å². The summed E-state index contributed by atoms with van der Waals surface area (Å²) in [6.45, 7) is 1.46. The van der Waals surface area contributed by atoms with Gasteiger partial charge in [-0.3, -0.25) is 4.90 Å². The van der Waals surface area contributed by atoms with Crippen LogP contribution in [0.2, 0.25) is 0 Å². The van der Waals surface area contributed by atoms with E-state index >= 15 is 0 Å². The molecule has 1 aromatic rings. The van der Waals surface area contributed by atoms with Crippen LogP contribution >= 0.6 is 0 Å². The molecule has 0 aliphatic carbocycles. The minimum Gasteiger partial charge on any atom is -0.465 e. The molecule has 0 spiro atoms. The molecule has 3 rings (SSSR count). The zero-order chi connectivity index (χ0) is 13.6. The minimum atomic E-state index is -0.802. The maximum absolute atomic E-state index is 11.2. The van der Waals surface area contributed by atoms with Crippen molar-refractivity contribution in [1.82, 2.24) is 4.90 Å². The van der Waals surface area contributed by atoms with Crippen LogP contribution < -0.4 is 16.4 Å². The second-order valence-corrected chi connectivity index (χ2v) is 5.29. The van der Waals surface area contributed by atoms with Crippen LogP contribution in [0.15, 0.2) is 18.2 Å². The van der Waals surface area contributed by atoms with E-state index in [0.717, 1.165) is 31.6 Å². The van der Waals surface area contributed by atoms with Crippen molar-refractivity contribution in [2.75, 3.05) is 29.5 Å². The van der Waals surface area contributed by atoms with Gasteiger partial charge in [0.15, 0.2) is 0 Å². The van der Waals surface area contributed by atoms with E-state index in [0.29, 0.717) is 11.4 Å². The van der Waals surface area contributed by atoms with Crippen molar-refractivity contribution in [2.24, 2.45) is 0 Å². The number of anilines is 3. The van der Waals surface area contributed by atoms with Crippen molar-refractivity contribution in [3.05, 3.63) is 18.2 Å². The van der Waals surface area contributed by atoms with E-state index in [4.69, 9.17) is 11.5 Å². The van der Waals surface area contributed by atoms with Crippen LogP contribution in [0.5, 0.6) is 0 Å². The quantitative estimate of drug-likeness (QED) is 0.660. The Bertz CT molecular complexity index is 505. The van der Waals surface area contributed by atoms with Gasteiger partial charge in [0.05, 0.1) is 23.5 Å². The second kappa shape index (κ2) is 4.22. The van der Waals surface area contributed by atoms with E-state index in [1.807, 2.05) is 12.1 Å². The van der Waals surface area contributed by atoms with Gasteiger partial charge in [0.1, 0.15) is 0 Å². The van der Waals surface area contributed by atoms with Crippen LogP contribution in [-0.4, -0.2) is 41.3 Å². The van der Waals surface area contributed by atoms with Crippen LogP contribution in [0.3, 0.4) is 0 Å². The van der Waals surface area contributed by atoms with Crippen LogP contribution in [-0.2, 0) is 0 Å². The Morgan fingerprint density at radius 3 is 2.32 bits per heavy atom. The lowest BCUT2D eigenvalue weighted by atomic mass is 10.1. The fourth-order valence-corrected chi connectivity index (χ4v) is 3.18. The highest BCUT2D eigenvalue weighted by atomic mass is 16.4. The van der Waals surface area contributed by atoms with Crippen molar-refractivity contribution < 1.29 is 9.90 Å². The predicted molar refractivity (Wildman–Crippen MR) is 74.2 cm³/mol. The number of nitrogens with two attached hydrogens (primary N) is 2. The van der Waals surface area contributed by atoms with Gasteiger partial charge in [0.2, 0.25) is 0 Å². The number of fused-ring (bicyclic) bond motifs is 2. The molecule has 2 saturated heterocycles. The van der Waals surface area contributed by atoms with E-state index in [2.05, 4.69) is 4.90 Å². The molecule has 2 atom stereocenters. The molecule has 5 N–H and O–H groups in total. The lowest BCUT2D eigenvalue weighted by molar-refractivity contribution is 0.115. The molecule has 2 aliphatic rings. The van der Waals surface area contributed by atoms with Crippen molar-refractivity contribution in [3.63, 3.8) is 0 Å². The minimum absolute atomic E-state index is 0.0926. The first-order chi connectivity index (χ1) is 9.06. The molecule has 2 heterocycles. The van der Waals surface area contributed by atoms with Gasteiger partial charge in [-0.25, -0.2) is 4.79 Å². The van der Waals surface area contributed by atoms with E-state index < -0.39 is 6.09 Å². The zero-order valence-electron chi connectivity index (χ0n) is 10.6. The van der Waals surface area contributed by atoms with Crippen molar-refractivity contribution in [2.45, 2.75) is 24.9 Å². The van der Waals surface area contributed by atoms with Crippen molar-refractivity contribution in [3.8, 4) is 0 Å². The van der Waals surface area contributed by atoms with Crippen molar-refractivity contribution >= 4 is 23.2 Å². The number of carbonyl (C=O) groups is 1. The number of rotatable bonds is 1. The Balaban J connectivity index is 1.82. The van der Waals surface area contributed by atoms with Crippen LogP contribution in [0.4, 0.5) is 21.9 Å². The first-order valence-electron chi connectivity index (χ1n) is 6.47. The van der Waals surface area contributed by atoms with Crippen LogP contribution in [0, 0.1) is 0 Å². The normalized spacial score (nSPS) is 25.7. The highest BCUT2D eigenvalue weighted by Gasteiger charge is 2.42. The Hall–Kier alpha value is -2.11. The second-order valence-electron chi connectivity index (χ2n) is 5.29. The Kier molecular flexibility index (Phi) is 2.66. The SMILES string of the molecule is Nc1ccc(N2CC3CCC(C2)N3C(=O)O)cc1N. The number of amides is 1.